The molecule has 0 aliphatic rings. The molecule has 0 saturated heterocycles. The number of carbonyl (C=O) groups is 2. The number of carbonyl (C=O) groups excluding carboxylic acids is 2. The molecule has 0 heterocycles. The molecule has 0 radical (unpaired) electrons. The van der Waals surface area contributed by atoms with Gasteiger partial charge in [-0.15, -0.1) is 0 Å². The predicted octanol–water partition coefficient (Wildman–Crippen LogP) is 4.91. The molecule has 37 heavy (non-hydrogen) atoms. The van der Waals surface area contributed by atoms with Crippen LogP contribution in [0.15, 0.2) is 77.7 Å². The van der Waals surface area contributed by atoms with Crippen LogP contribution in [0.1, 0.15) is 25.0 Å². The van der Waals surface area contributed by atoms with Gasteiger partial charge in [0.15, 0.2) is 0 Å². The maximum atomic E-state index is 13.8. The quantitative estimate of drug-likeness (QED) is 0.380. The van der Waals surface area contributed by atoms with Crippen LogP contribution in [-0.4, -0.2) is 44.8 Å². The Morgan fingerprint density at radius 3 is 2.11 bits per heavy atom. The third-order valence-corrected chi connectivity index (χ3v) is 8.54. The van der Waals surface area contributed by atoms with E-state index >= 15 is 0 Å². The van der Waals surface area contributed by atoms with Gasteiger partial charge in [0.2, 0.25) is 11.8 Å². The fourth-order valence-corrected chi connectivity index (χ4v) is 5.92. The number of para-hydroxylation sites is 1. The summed E-state index contributed by atoms with van der Waals surface area (Å²) in [6.07, 6.45) is 0.554. The van der Waals surface area contributed by atoms with Crippen molar-refractivity contribution >= 4 is 50.7 Å². The topological polar surface area (TPSA) is 86.8 Å². The van der Waals surface area contributed by atoms with Gasteiger partial charge in [0.05, 0.1) is 10.6 Å². The minimum absolute atomic E-state index is 0.0498. The number of anilines is 1. The van der Waals surface area contributed by atoms with E-state index in [9.17, 15) is 18.0 Å². The van der Waals surface area contributed by atoms with Crippen LogP contribution in [-0.2, 0) is 32.6 Å². The van der Waals surface area contributed by atoms with Crippen molar-refractivity contribution in [1.82, 2.24) is 10.2 Å². The van der Waals surface area contributed by atoms with Crippen LogP contribution >= 0.6 is 23.2 Å². The Morgan fingerprint density at radius 2 is 1.51 bits per heavy atom. The zero-order valence-electron chi connectivity index (χ0n) is 20.8. The molecular weight excluding hydrogens is 533 g/mol. The zero-order valence-corrected chi connectivity index (χ0v) is 23.1. The number of nitrogens with one attached hydrogen (secondary N) is 1. The lowest BCUT2D eigenvalue weighted by molar-refractivity contribution is -0.139. The second kappa shape index (κ2) is 12.4. The van der Waals surface area contributed by atoms with Crippen LogP contribution in [0.25, 0.3) is 0 Å². The first-order valence-electron chi connectivity index (χ1n) is 11.7. The number of hydrogen-bond donors (Lipinski definition) is 1. The van der Waals surface area contributed by atoms with Crippen molar-refractivity contribution in [2.45, 2.75) is 37.8 Å². The largest absolute Gasteiger partial charge is 0.357 e. The first-order chi connectivity index (χ1) is 17.6. The predicted molar refractivity (Wildman–Crippen MR) is 147 cm³/mol. The molecule has 0 unspecified atom stereocenters. The monoisotopic (exact) mass is 561 g/mol. The Balaban J connectivity index is 2.10. The summed E-state index contributed by atoms with van der Waals surface area (Å²) in [6, 6.07) is 19.0. The molecular formula is C27H29Cl2N3O4S. The van der Waals surface area contributed by atoms with Gasteiger partial charge in [-0.1, -0.05) is 72.6 Å². The van der Waals surface area contributed by atoms with Crippen LogP contribution in [0.5, 0.6) is 0 Å². The summed E-state index contributed by atoms with van der Waals surface area (Å²) in [7, 11) is -2.66. The number of rotatable bonds is 10. The van der Waals surface area contributed by atoms with E-state index in [4.69, 9.17) is 23.2 Å². The molecule has 1 atom stereocenters. The van der Waals surface area contributed by atoms with E-state index in [1.54, 1.807) is 55.5 Å². The molecule has 3 aromatic carbocycles. The maximum Gasteiger partial charge on any atom is 0.264 e. The Morgan fingerprint density at radius 1 is 0.919 bits per heavy atom. The molecule has 0 aromatic heterocycles. The van der Waals surface area contributed by atoms with E-state index < -0.39 is 34.4 Å². The number of amides is 2. The molecule has 1 N–H and O–H groups in total. The summed E-state index contributed by atoms with van der Waals surface area (Å²) in [5, 5.41) is 3.21. The fraction of sp³-hybridized carbons (Fsp3) is 0.259. The molecule has 2 amide bonds. The standard InChI is InChI=1S/C27H29Cl2N3O4S/c1-4-20-11-8-9-16-25(20)32(37(35,36)21-12-6-5-7-13-21)18-26(33)31(19(2)27(34)30-3)17-22-23(28)14-10-15-24(22)29/h5-16,19H,4,17-18H2,1-3H3,(H,30,34)/t19-/m0/s1. The van der Waals surface area contributed by atoms with Gasteiger partial charge >= 0.3 is 0 Å². The molecule has 0 aliphatic heterocycles. The van der Waals surface area contributed by atoms with Crippen molar-refractivity contribution in [2.75, 3.05) is 17.9 Å². The zero-order chi connectivity index (χ0) is 27.2. The Kier molecular flexibility index (Phi) is 9.59. The normalized spacial score (nSPS) is 12.0. The van der Waals surface area contributed by atoms with Gasteiger partial charge in [-0.05, 0) is 49.2 Å². The van der Waals surface area contributed by atoms with E-state index in [0.29, 0.717) is 27.7 Å². The van der Waals surface area contributed by atoms with Crippen molar-refractivity contribution < 1.29 is 18.0 Å². The highest BCUT2D eigenvalue weighted by molar-refractivity contribution is 7.92. The number of likely N-dealkylation sites (N-methyl/N-ethyl adjacent to an activating group) is 1. The second-order valence-corrected chi connectivity index (χ2v) is 11.0. The Bertz CT molecular complexity index is 1350. The Hall–Kier alpha value is -3.07. The lowest BCUT2D eigenvalue weighted by Gasteiger charge is -2.32. The maximum absolute atomic E-state index is 13.8. The SMILES string of the molecule is CCc1ccccc1N(CC(=O)N(Cc1c(Cl)cccc1Cl)[C@@H](C)C(=O)NC)S(=O)(=O)c1ccccc1. The van der Waals surface area contributed by atoms with E-state index in [2.05, 4.69) is 5.32 Å². The molecule has 0 bridgehead atoms. The minimum Gasteiger partial charge on any atom is -0.357 e. The summed E-state index contributed by atoms with van der Waals surface area (Å²) in [4.78, 5) is 27.8. The van der Waals surface area contributed by atoms with Crippen LogP contribution < -0.4 is 9.62 Å². The lowest BCUT2D eigenvalue weighted by atomic mass is 10.1. The van der Waals surface area contributed by atoms with Crippen LogP contribution in [0.2, 0.25) is 10.0 Å². The van der Waals surface area contributed by atoms with Gasteiger partial charge in [0, 0.05) is 29.2 Å². The molecule has 3 aromatic rings. The average Bonchev–Trinajstić information content (AvgIpc) is 2.91. The molecule has 7 nitrogen and oxygen atoms in total. The molecule has 0 spiro atoms. The molecule has 10 heteroatoms. The van der Waals surface area contributed by atoms with E-state index in [-0.39, 0.29) is 11.4 Å². The number of nitrogens with zero attached hydrogens (tertiary/aromatic N) is 2. The van der Waals surface area contributed by atoms with Crippen LogP contribution in [0.4, 0.5) is 5.69 Å². The minimum atomic E-state index is -4.12. The third-order valence-electron chi connectivity index (χ3n) is 6.06. The van der Waals surface area contributed by atoms with Crippen molar-refractivity contribution in [1.29, 1.82) is 0 Å². The van der Waals surface area contributed by atoms with Gasteiger partial charge in [0.25, 0.3) is 10.0 Å². The third kappa shape index (κ3) is 6.44. The summed E-state index contributed by atoms with van der Waals surface area (Å²) >= 11 is 12.7. The molecule has 0 saturated carbocycles. The molecule has 0 aliphatic carbocycles. The van der Waals surface area contributed by atoms with Crippen molar-refractivity contribution in [2.24, 2.45) is 0 Å². The van der Waals surface area contributed by atoms with Gasteiger partial charge in [-0.25, -0.2) is 8.42 Å². The van der Waals surface area contributed by atoms with E-state index in [1.807, 2.05) is 19.1 Å². The highest BCUT2D eigenvalue weighted by atomic mass is 35.5. The molecule has 0 fully saturated rings. The molecule has 3 rings (SSSR count). The first-order valence-corrected chi connectivity index (χ1v) is 13.9. The summed E-state index contributed by atoms with van der Waals surface area (Å²) in [5.74, 6) is -1.000. The summed E-state index contributed by atoms with van der Waals surface area (Å²) in [6.45, 7) is 2.86. The lowest BCUT2D eigenvalue weighted by Crippen LogP contribution is -2.51. The fourth-order valence-electron chi connectivity index (χ4n) is 3.93. The van der Waals surface area contributed by atoms with Gasteiger partial charge in [-0.2, -0.15) is 0 Å². The number of halogens is 2. The highest BCUT2D eigenvalue weighted by Crippen LogP contribution is 2.30. The van der Waals surface area contributed by atoms with Crippen molar-refractivity contribution in [3.05, 3.63) is 94.0 Å². The molecule has 196 valence electrons. The number of benzene rings is 3. The highest BCUT2D eigenvalue weighted by Gasteiger charge is 2.33. The van der Waals surface area contributed by atoms with E-state index in [0.717, 1.165) is 9.87 Å². The van der Waals surface area contributed by atoms with Crippen molar-refractivity contribution in [3.8, 4) is 0 Å². The Labute approximate surface area is 228 Å². The summed E-state index contributed by atoms with van der Waals surface area (Å²) < 4.78 is 28.7. The van der Waals surface area contributed by atoms with E-state index in [1.165, 1.54) is 24.1 Å². The van der Waals surface area contributed by atoms with Gasteiger partial charge < -0.3 is 10.2 Å². The van der Waals surface area contributed by atoms with Crippen molar-refractivity contribution in [3.63, 3.8) is 0 Å². The smallest absolute Gasteiger partial charge is 0.264 e. The number of aryl methyl sites for hydroxylation is 1. The average molecular weight is 563 g/mol. The first kappa shape index (κ1) is 28.5. The second-order valence-electron chi connectivity index (χ2n) is 8.32. The summed E-state index contributed by atoms with van der Waals surface area (Å²) in [5.41, 5.74) is 1.61. The number of sulfonamides is 1. The number of hydrogen-bond acceptors (Lipinski definition) is 4. The van der Waals surface area contributed by atoms with Crippen LogP contribution in [0, 0.1) is 0 Å². The van der Waals surface area contributed by atoms with Gasteiger partial charge in [-0.3, -0.25) is 13.9 Å². The van der Waals surface area contributed by atoms with Crippen LogP contribution in [0.3, 0.4) is 0 Å². The van der Waals surface area contributed by atoms with Gasteiger partial charge in [0.1, 0.15) is 12.6 Å².